The van der Waals surface area contributed by atoms with Crippen molar-refractivity contribution in [3.05, 3.63) is 0 Å². The van der Waals surface area contributed by atoms with Gasteiger partial charge in [0.2, 0.25) is 5.91 Å². The quantitative estimate of drug-likeness (QED) is 0.712. The van der Waals surface area contributed by atoms with Crippen molar-refractivity contribution in [1.82, 2.24) is 0 Å². The third-order valence-electron chi connectivity index (χ3n) is 1.86. The zero-order valence-corrected chi connectivity index (χ0v) is 9.09. The molecule has 0 saturated carbocycles. The summed E-state index contributed by atoms with van der Waals surface area (Å²) in [5, 5.41) is 0. The zero-order valence-electron chi connectivity index (χ0n) is 9.09. The lowest BCUT2D eigenvalue weighted by atomic mass is 9.93. The average Bonchev–Trinajstić information content (AvgIpc) is 1.95. The normalized spacial score (nSPS) is 14.2. The highest BCUT2D eigenvalue weighted by atomic mass is 16.5. The number of hydrogen-bond acceptors (Lipinski definition) is 2. The largest absolute Gasteiger partial charge is 0.368 e. The molecule has 0 aliphatic rings. The molecule has 3 heteroatoms. The van der Waals surface area contributed by atoms with Crippen LogP contribution < -0.4 is 5.73 Å². The van der Waals surface area contributed by atoms with E-state index in [0.717, 1.165) is 6.42 Å². The Bertz CT molecular complexity index is 161. The van der Waals surface area contributed by atoms with E-state index in [1.54, 1.807) is 0 Å². The van der Waals surface area contributed by atoms with Gasteiger partial charge in [-0.1, -0.05) is 27.7 Å². The van der Waals surface area contributed by atoms with Gasteiger partial charge in [-0.3, -0.25) is 4.79 Å². The summed E-state index contributed by atoms with van der Waals surface area (Å²) in [6.07, 6.45) is 1.18. The van der Waals surface area contributed by atoms with Crippen molar-refractivity contribution in [3.8, 4) is 0 Å². The molecule has 0 spiro atoms. The number of rotatable bonds is 5. The molecule has 0 aromatic heterocycles. The van der Waals surface area contributed by atoms with Crippen molar-refractivity contribution >= 4 is 5.91 Å². The number of carbonyl (C=O) groups is 1. The van der Waals surface area contributed by atoms with E-state index in [9.17, 15) is 4.79 Å². The Morgan fingerprint density at radius 3 is 2.31 bits per heavy atom. The summed E-state index contributed by atoms with van der Waals surface area (Å²) in [6.45, 7) is 8.92. The molecule has 0 aliphatic heterocycles. The van der Waals surface area contributed by atoms with Crippen molar-refractivity contribution in [2.75, 3.05) is 6.61 Å². The fraction of sp³-hybridized carbons (Fsp3) is 0.900. The summed E-state index contributed by atoms with van der Waals surface area (Å²) in [5.74, 6) is -0.364. The molecule has 1 atom stereocenters. The SMILES string of the molecule is CCC(OCCC(C)(C)C)C(N)=O. The molecule has 0 rings (SSSR count). The molecule has 0 aromatic carbocycles. The van der Waals surface area contributed by atoms with Gasteiger partial charge in [-0.25, -0.2) is 0 Å². The highest BCUT2D eigenvalue weighted by molar-refractivity contribution is 5.78. The van der Waals surface area contributed by atoms with Crippen molar-refractivity contribution in [1.29, 1.82) is 0 Å². The first kappa shape index (κ1) is 12.4. The minimum atomic E-state index is -0.414. The van der Waals surface area contributed by atoms with Crippen LogP contribution in [-0.4, -0.2) is 18.6 Å². The summed E-state index contributed by atoms with van der Waals surface area (Å²) in [7, 11) is 0. The number of amides is 1. The Balaban J connectivity index is 3.68. The molecule has 13 heavy (non-hydrogen) atoms. The minimum absolute atomic E-state index is 0.246. The fourth-order valence-corrected chi connectivity index (χ4v) is 0.909. The summed E-state index contributed by atoms with van der Waals surface area (Å²) >= 11 is 0. The Kier molecular flexibility index (Phi) is 4.99. The molecule has 3 nitrogen and oxygen atoms in total. The molecule has 0 bridgehead atoms. The Morgan fingerprint density at radius 1 is 1.46 bits per heavy atom. The predicted octanol–water partition coefficient (Wildman–Crippen LogP) is 1.70. The summed E-state index contributed by atoms with van der Waals surface area (Å²) < 4.78 is 5.35. The maximum absolute atomic E-state index is 10.8. The summed E-state index contributed by atoms with van der Waals surface area (Å²) in [6, 6.07) is 0. The maximum Gasteiger partial charge on any atom is 0.246 e. The van der Waals surface area contributed by atoms with Gasteiger partial charge < -0.3 is 10.5 Å². The van der Waals surface area contributed by atoms with Crippen molar-refractivity contribution in [3.63, 3.8) is 0 Å². The van der Waals surface area contributed by atoms with Crippen molar-refractivity contribution in [2.45, 2.75) is 46.6 Å². The fourth-order valence-electron chi connectivity index (χ4n) is 0.909. The van der Waals surface area contributed by atoms with Crippen LogP contribution >= 0.6 is 0 Å². The van der Waals surface area contributed by atoms with E-state index in [-0.39, 0.29) is 11.3 Å². The molecule has 1 unspecified atom stereocenters. The van der Waals surface area contributed by atoms with Crippen LogP contribution in [0.3, 0.4) is 0 Å². The van der Waals surface area contributed by atoms with Crippen molar-refractivity contribution < 1.29 is 9.53 Å². The minimum Gasteiger partial charge on any atom is -0.368 e. The Labute approximate surface area is 80.6 Å². The van der Waals surface area contributed by atoms with Gasteiger partial charge in [-0.15, -0.1) is 0 Å². The average molecular weight is 187 g/mol. The molecule has 0 aliphatic carbocycles. The smallest absolute Gasteiger partial charge is 0.246 e. The molecule has 1 amide bonds. The first-order valence-corrected chi connectivity index (χ1v) is 4.77. The lowest BCUT2D eigenvalue weighted by molar-refractivity contribution is -0.130. The monoisotopic (exact) mass is 187 g/mol. The van der Waals surface area contributed by atoms with E-state index in [1.807, 2.05) is 6.92 Å². The van der Waals surface area contributed by atoms with Crippen LogP contribution in [0.1, 0.15) is 40.5 Å². The number of primary amides is 1. The number of ether oxygens (including phenoxy) is 1. The number of carbonyl (C=O) groups excluding carboxylic acids is 1. The van der Waals surface area contributed by atoms with Gasteiger partial charge in [0, 0.05) is 6.61 Å². The lowest BCUT2D eigenvalue weighted by Crippen LogP contribution is -2.31. The van der Waals surface area contributed by atoms with E-state index in [1.165, 1.54) is 0 Å². The summed E-state index contributed by atoms with van der Waals surface area (Å²) in [4.78, 5) is 10.8. The third kappa shape index (κ3) is 6.58. The van der Waals surface area contributed by atoms with Crippen LogP contribution in [-0.2, 0) is 9.53 Å². The van der Waals surface area contributed by atoms with Gasteiger partial charge in [0.15, 0.2) is 0 Å². The van der Waals surface area contributed by atoms with Gasteiger partial charge in [-0.2, -0.15) is 0 Å². The molecule has 2 N–H and O–H groups in total. The van der Waals surface area contributed by atoms with E-state index >= 15 is 0 Å². The topological polar surface area (TPSA) is 52.3 Å². The molecule has 0 fully saturated rings. The van der Waals surface area contributed by atoms with Crippen LogP contribution in [0.15, 0.2) is 0 Å². The van der Waals surface area contributed by atoms with Gasteiger partial charge in [-0.05, 0) is 18.3 Å². The second-order valence-corrected chi connectivity index (χ2v) is 4.48. The molecular formula is C10H21NO2. The molecular weight excluding hydrogens is 166 g/mol. The maximum atomic E-state index is 10.8. The second kappa shape index (κ2) is 5.22. The molecule has 78 valence electrons. The Morgan fingerprint density at radius 2 is 2.00 bits per heavy atom. The first-order valence-electron chi connectivity index (χ1n) is 4.77. The van der Waals surface area contributed by atoms with Gasteiger partial charge in [0.05, 0.1) is 0 Å². The van der Waals surface area contributed by atoms with Crippen LogP contribution in [0.5, 0.6) is 0 Å². The van der Waals surface area contributed by atoms with Gasteiger partial charge in [0.1, 0.15) is 6.10 Å². The Hall–Kier alpha value is -0.570. The molecule has 0 aromatic rings. The molecule has 0 saturated heterocycles. The van der Waals surface area contributed by atoms with Crippen LogP contribution in [0.4, 0.5) is 0 Å². The third-order valence-corrected chi connectivity index (χ3v) is 1.86. The van der Waals surface area contributed by atoms with Crippen LogP contribution in [0.2, 0.25) is 0 Å². The van der Waals surface area contributed by atoms with Gasteiger partial charge >= 0.3 is 0 Å². The zero-order chi connectivity index (χ0) is 10.5. The van der Waals surface area contributed by atoms with Crippen LogP contribution in [0.25, 0.3) is 0 Å². The highest BCUT2D eigenvalue weighted by Crippen LogP contribution is 2.18. The van der Waals surface area contributed by atoms with Crippen LogP contribution in [0, 0.1) is 5.41 Å². The predicted molar refractivity (Wildman–Crippen MR) is 53.3 cm³/mol. The first-order chi connectivity index (χ1) is 5.87. The van der Waals surface area contributed by atoms with E-state index < -0.39 is 6.10 Å². The number of hydrogen-bond donors (Lipinski definition) is 1. The second-order valence-electron chi connectivity index (χ2n) is 4.48. The molecule has 0 radical (unpaired) electrons. The standard InChI is InChI=1S/C10H21NO2/c1-5-8(9(11)12)13-7-6-10(2,3)4/h8H,5-7H2,1-4H3,(H2,11,12). The highest BCUT2D eigenvalue weighted by Gasteiger charge is 2.15. The van der Waals surface area contributed by atoms with Crippen molar-refractivity contribution in [2.24, 2.45) is 11.1 Å². The summed E-state index contributed by atoms with van der Waals surface area (Å²) in [5.41, 5.74) is 5.38. The van der Waals surface area contributed by atoms with E-state index in [4.69, 9.17) is 10.5 Å². The van der Waals surface area contributed by atoms with Gasteiger partial charge in [0.25, 0.3) is 0 Å². The number of nitrogens with two attached hydrogens (primary N) is 1. The van der Waals surface area contributed by atoms with E-state index in [2.05, 4.69) is 20.8 Å². The van der Waals surface area contributed by atoms with E-state index in [0.29, 0.717) is 13.0 Å². The molecule has 0 heterocycles. The lowest BCUT2D eigenvalue weighted by Gasteiger charge is -2.19.